The van der Waals surface area contributed by atoms with Crippen LogP contribution in [0.5, 0.6) is 5.75 Å². The number of hydrogen-bond donors (Lipinski definition) is 1. The van der Waals surface area contributed by atoms with E-state index >= 15 is 0 Å². The van der Waals surface area contributed by atoms with E-state index < -0.39 is 21.3 Å². The minimum atomic E-state index is -4.10. The number of nitrogens with one attached hydrogen (secondary N) is 1. The van der Waals surface area contributed by atoms with Crippen LogP contribution in [0, 0.1) is 0 Å². The van der Waals surface area contributed by atoms with Crippen molar-refractivity contribution in [2.45, 2.75) is 38.1 Å². The molecule has 2 aromatic rings. The SMILES string of the molecule is CCCOc1ccc(N(C(C)C(=O)Cl)S(=O)(=O)c2ccc(NC(C)=O)cc2)cc1. The summed E-state index contributed by atoms with van der Waals surface area (Å²) in [4.78, 5) is 22.9. The van der Waals surface area contributed by atoms with Gasteiger partial charge in [-0.2, -0.15) is 0 Å². The number of nitrogens with zero attached hydrogens (tertiary/aromatic N) is 1. The maximum atomic E-state index is 13.3. The van der Waals surface area contributed by atoms with Crippen molar-refractivity contribution in [1.82, 2.24) is 0 Å². The molecule has 0 aliphatic rings. The quantitative estimate of drug-likeness (QED) is 0.601. The molecule has 0 radical (unpaired) electrons. The smallest absolute Gasteiger partial charge is 0.265 e. The van der Waals surface area contributed by atoms with Gasteiger partial charge in [-0.05, 0) is 73.5 Å². The Bertz CT molecular complexity index is 959. The molecule has 0 saturated heterocycles. The molecule has 0 bridgehead atoms. The van der Waals surface area contributed by atoms with Gasteiger partial charge >= 0.3 is 0 Å². The molecule has 9 heteroatoms. The molecule has 0 saturated carbocycles. The van der Waals surface area contributed by atoms with Gasteiger partial charge in [0.2, 0.25) is 11.1 Å². The van der Waals surface area contributed by atoms with Gasteiger partial charge in [0.15, 0.2) is 0 Å². The van der Waals surface area contributed by atoms with Crippen LogP contribution >= 0.6 is 11.6 Å². The number of rotatable bonds is 9. The molecule has 0 spiro atoms. The first kappa shape index (κ1) is 22.7. The molecule has 156 valence electrons. The highest BCUT2D eigenvalue weighted by Gasteiger charge is 2.32. The molecule has 2 aromatic carbocycles. The molecule has 0 aliphatic carbocycles. The summed E-state index contributed by atoms with van der Waals surface area (Å²) in [6.07, 6.45) is 0.842. The second-order valence-corrected chi connectivity index (χ2v) is 8.52. The van der Waals surface area contributed by atoms with E-state index in [4.69, 9.17) is 16.3 Å². The first-order chi connectivity index (χ1) is 13.7. The Balaban J connectivity index is 2.43. The predicted octanol–water partition coefficient (Wildman–Crippen LogP) is 3.78. The molecule has 0 aromatic heterocycles. The van der Waals surface area contributed by atoms with E-state index in [0.717, 1.165) is 10.7 Å². The summed E-state index contributed by atoms with van der Waals surface area (Å²) in [5.41, 5.74) is 0.739. The minimum absolute atomic E-state index is 0.0392. The summed E-state index contributed by atoms with van der Waals surface area (Å²) < 4.78 is 33.0. The van der Waals surface area contributed by atoms with Crippen LogP contribution in [0.1, 0.15) is 27.2 Å². The number of carbonyl (C=O) groups excluding carboxylic acids is 2. The van der Waals surface area contributed by atoms with Crippen LogP contribution in [-0.2, 0) is 19.6 Å². The summed E-state index contributed by atoms with van der Waals surface area (Å²) in [6.45, 7) is 5.29. The predicted molar refractivity (Wildman–Crippen MR) is 113 cm³/mol. The molecular weight excluding hydrogens is 416 g/mol. The highest BCUT2D eigenvalue weighted by atomic mass is 35.5. The number of benzene rings is 2. The van der Waals surface area contributed by atoms with Crippen molar-refractivity contribution in [3.05, 3.63) is 48.5 Å². The van der Waals surface area contributed by atoms with E-state index in [9.17, 15) is 18.0 Å². The van der Waals surface area contributed by atoms with Gasteiger partial charge in [-0.3, -0.25) is 13.9 Å². The third-order valence-electron chi connectivity index (χ3n) is 3.98. The second-order valence-electron chi connectivity index (χ2n) is 6.33. The fraction of sp³-hybridized carbons (Fsp3) is 0.300. The van der Waals surface area contributed by atoms with Crippen molar-refractivity contribution in [3.8, 4) is 5.75 Å². The second kappa shape index (κ2) is 9.76. The minimum Gasteiger partial charge on any atom is -0.494 e. The maximum Gasteiger partial charge on any atom is 0.265 e. The van der Waals surface area contributed by atoms with Crippen molar-refractivity contribution in [1.29, 1.82) is 0 Å². The Morgan fingerprint density at radius 2 is 1.69 bits per heavy atom. The highest BCUT2D eigenvalue weighted by molar-refractivity contribution is 7.93. The van der Waals surface area contributed by atoms with Crippen molar-refractivity contribution in [2.24, 2.45) is 0 Å². The standard InChI is InChI=1S/C20H23ClN2O5S/c1-4-13-28-18-9-7-17(8-10-18)23(14(2)20(21)25)29(26,27)19-11-5-16(6-12-19)22-15(3)24/h5-12,14H,4,13H2,1-3H3,(H,22,24). The Kier molecular flexibility index (Phi) is 7.64. The molecule has 0 heterocycles. The monoisotopic (exact) mass is 438 g/mol. The normalized spacial score (nSPS) is 12.1. The molecule has 29 heavy (non-hydrogen) atoms. The van der Waals surface area contributed by atoms with E-state index in [2.05, 4.69) is 5.32 Å². The van der Waals surface area contributed by atoms with Crippen molar-refractivity contribution >= 4 is 44.1 Å². The molecule has 7 nitrogen and oxygen atoms in total. The molecular formula is C20H23ClN2O5S. The zero-order valence-corrected chi connectivity index (χ0v) is 18.0. The fourth-order valence-corrected chi connectivity index (χ4v) is 4.37. The van der Waals surface area contributed by atoms with Gasteiger partial charge in [-0.15, -0.1) is 0 Å². The lowest BCUT2D eigenvalue weighted by molar-refractivity contribution is -0.114. The summed E-state index contributed by atoms with van der Waals surface area (Å²) in [5, 5.41) is 1.76. The number of hydrogen-bond acceptors (Lipinski definition) is 5. The third kappa shape index (κ3) is 5.71. The average molecular weight is 439 g/mol. The van der Waals surface area contributed by atoms with Crippen molar-refractivity contribution < 1.29 is 22.7 Å². The lowest BCUT2D eigenvalue weighted by Crippen LogP contribution is -2.42. The summed E-state index contributed by atoms with van der Waals surface area (Å²) in [7, 11) is -4.10. The van der Waals surface area contributed by atoms with E-state index in [1.165, 1.54) is 38.1 Å². The van der Waals surface area contributed by atoms with Gasteiger partial charge in [-0.25, -0.2) is 8.42 Å². The summed E-state index contributed by atoms with van der Waals surface area (Å²) in [5.74, 6) is 0.325. The zero-order valence-electron chi connectivity index (χ0n) is 16.4. The van der Waals surface area contributed by atoms with Crippen molar-refractivity contribution in [3.63, 3.8) is 0 Å². The lowest BCUT2D eigenvalue weighted by atomic mass is 10.2. The van der Waals surface area contributed by atoms with E-state index in [1.54, 1.807) is 24.3 Å². The van der Waals surface area contributed by atoms with Crippen LogP contribution < -0.4 is 14.4 Å². The highest BCUT2D eigenvalue weighted by Crippen LogP contribution is 2.29. The number of sulfonamides is 1. The van der Waals surface area contributed by atoms with E-state index in [0.29, 0.717) is 18.0 Å². The zero-order chi connectivity index (χ0) is 21.6. The van der Waals surface area contributed by atoms with Gasteiger partial charge < -0.3 is 10.1 Å². The maximum absolute atomic E-state index is 13.3. The van der Waals surface area contributed by atoms with Crippen LogP contribution in [0.4, 0.5) is 11.4 Å². The number of anilines is 2. The number of carbonyl (C=O) groups is 2. The molecule has 0 aliphatic heterocycles. The van der Waals surface area contributed by atoms with Crippen molar-refractivity contribution in [2.75, 3.05) is 16.2 Å². The summed E-state index contributed by atoms with van der Waals surface area (Å²) >= 11 is 5.63. The van der Waals surface area contributed by atoms with Gasteiger partial charge in [0, 0.05) is 12.6 Å². The number of ether oxygens (including phenoxy) is 1. The summed E-state index contributed by atoms with van der Waals surface area (Å²) in [6, 6.07) is 10.9. The molecule has 1 amide bonds. The fourth-order valence-electron chi connectivity index (χ4n) is 2.60. The Morgan fingerprint density at radius 1 is 1.10 bits per heavy atom. The lowest BCUT2D eigenvalue weighted by Gasteiger charge is -2.28. The van der Waals surface area contributed by atoms with Crippen LogP contribution in [0.2, 0.25) is 0 Å². The van der Waals surface area contributed by atoms with Crippen LogP contribution in [-0.4, -0.2) is 32.2 Å². The van der Waals surface area contributed by atoms with Gasteiger partial charge in [0.1, 0.15) is 11.8 Å². The van der Waals surface area contributed by atoms with E-state index in [-0.39, 0.29) is 16.5 Å². The van der Waals surface area contributed by atoms with Crippen LogP contribution in [0.15, 0.2) is 53.4 Å². The first-order valence-electron chi connectivity index (χ1n) is 9.01. The largest absolute Gasteiger partial charge is 0.494 e. The van der Waals surface area contributed by atoms with Gasteiger partial charge in [0.25, 0.3) is 10.0 Å². The average Bonchev–Trinajstić information content (AvgIpc) is 2.67. The van der Waals surface area contributed by atoms with E-state index in [1.807, 2.05) is 6.92 Å². The van der Waals surface area contributed by atoms with Gasteiger partial charge in [0.05, 0.1) is 17.2 Å². The molecule has 1 unspecified atom stereocenters. The number of halogens is 1. The topological polar surface area (TPSA) is 92.8 Å². The number of amides is 1. The van der Waals surface area contributed by atoms with Crippen LogP contribution in [0.25, 0.3) is 0 Å². The first-order valence-corrected chi connectivity index (χ1v) is 10.8. The van der Waals surface area contributed by atoms with Gasteiger partial charge in [-0.1, -0.05) is 6.92 Å². The molecule has 1 atom stereocenters. The Hall–Kier alpha value is -2.58. The Morgan fingerprint density at radius 3 is 2.17 bits per heavy atom. The Labute approximate surface area is 175 Å². The molecule has 2 rings (SSSR count). The van der Waals surface area contributed by atoms with Crippen LogP contribution in [0.3, 0.4) is 0 Å². The molecule has 1 N–H and O–H groups in total. The molecule has 0 fully saturated rings. The third-order valence-corrected chi connectivity index (χ3v) is 6.20.